The van der Waals surface area contributed by atoms with Crippen LogP contribution in [0.5, 0.6) is 0 Å². The van der Waals surface area contributed by atoms with Crippen LogP contribution in [0.2, 0.25) is 0 Å². The third-order valence-corrected chi connectivity index (χ3v) is 3.55. The van der Waals surface area contributed by atoms with Crippen molar-refractivity contribution in [2.45, 2.75) is 43.7 Å². The molecule has 2 aliphatic carbocycles. The highest BCUT2D eigenvalue weighted by Crippen LogP contribution is 2.42. The van der Waals surface area contributed by atoms with E-state index in [4.69, 9.17) is 9.52 Å². The Morgan fingerprint density at radius 2 is 2.44 bits per heavy atom. The quantitative estimate of drug-likeness (QED) is 0.811. The molecule has 16 heavy (non-hydrogen) atoms. The average molecular weight is 221 g/mol. The summed E-state index contributed by atoms with van der Waals surface area (Å²) in [6.45, 7) is 0. The number of fused-ring (bicyclic) bond motifs is 1. The summed E-state index contributed by atoms with van der Waals surface area (Å²) in [7, 11) is 0. The van der Waals surface area contributed by atoms with Crippen molar-refractivity contribution >= 4 is 5.97 Å². The zero-order valence-corrected chi connectivity index (χ0v) is 9.03. The summed E-state index contributed by atoms with van der Waals surface area (Å²) in [4.78, 5) is 11.0. The summed E-state index contributed by atoms with van der Waals surface area (Å²) < 4.78 is 5.38. The van der Waals surface area contributed by atoms with Crippen LogP contribution in [0.3, 0.4) is 0 Å². The van der Waals surface area contributed by atoms with Crippen molar-refractivity contribution < 1.29 is 14.3 Å². The van der Waals surface area contributed by atoms with Gasteiger partial charge in [0.05, 0.1) is 18.2 Å². The SMILES string of the molecule is O=C(O)CC1(NC2CC2)CCc2occc21. The maximum Gasteiger partial charge on any atom is 0.305 e. The highest BCUT2D eigenvalue weighted by molar-refractivity contribution is 5.69. The average Bonchev–Trinajstić information content (AvgIpc) is 2.78. The van der Waals surface area contributed by atoms with Gasteiger partial charge in [0.25, 0.3) is 0 Å². The van der Waals surface area contributed by atoms with Gasteiger partial charge in [0.15, 0.2) is 0 Å². The molecule has 1 aromatic heterocycles. The van der Waals surface area contributed by atoms with E-state index < -0.39 is 5.97 Å². The van der Waals surface area contributed by atoms with Crippen molar-refractivity contribution in [1.29, 1.82) is 0 Å². The van der Waals surface area contributed by atoms with Crippen molar-refractivity contribution in [3.63, 3.8) is 0 Å². The number of hydrogen-bond donors (Lipinski definition) is 2. The Hall–Kier alpha value is -1.29. The first-order valence-electron chi connectivity index (χ1n) is 5.76. The van der Waals surface area contributed by atoms with Crippen molar-refractivity contribution in [1.82, 2.24) is 5.32 Å². The molecule has 0 radical (unpaired) electrons. The fraction of sp³-hybridized carbons (Fsp3) is 0.583. The van der Waals surface area contributed by atoms with Crippen LogP contribution in [0, 0.1) is 0 Å². The van der Waals surface area contributed by atoms with E-state index in [1.54, 1.807) is 6.26 Å². The second kappa shape index (κ2) is 3.35. The molecule has 1 heterocycles. The molecule has 0 amide bonds. The van der Waals surface area contributed by atoms with Gasteiger partial charge in [-0.3, -0.25) is 4.79 Å². The van der Waals surface area contributed by atoms with Crippen LogP contribution in [0.15, 0.2) is 16.7 Å². The van der Waals surface area contributed by atoms with E-state index in [1.165, 1.54) is 0 Å². The lowest BCUT2D eigenvalue weighted by Crippen LogP contribution is -2.43. The first kappa shape index (κ1) is 9.90. The molecule has 1 fully saturated rings. The van der Waals surface area contributed by atoms with Crippen LogP contribution in [0.4, 0.5) is 0 Å². The Balaban J connectivity index is 1.92. The Morgan fingerprint density at radius 3 is 3.12 bits per heavy atom. The number of aliphatic carboxylic acids is 1. The lowest BCUT2D eigenvalue weighted by molar-refractivity contribution is -0.138. The molecule has 0 bridgehead atoms. The smallest absolute Gasteiger partial charge is 0.305 e. The van der Waals surface area contributed by atoms with Crippen molar-refractivity contribution in [3.05, 3.63) is 23.7 Å². The monoisotopic (exact) mass is 221 g/mol. The van der Waals surface area contributed by atoms with E-state index in [2.05, 4.69) is 5.32 Å². The predicted molar refractivity (Wildman–Crippen MR) is 57.1 cm³/mol. The molecule has 4 heteroatoms. The molecule has 1 aromatic rings. The van der Waals surface area contributed by atoms with Gasteiger partial charge in [-0.1, -0.05) is 0 Å². The third kappa shape index (κ3) is 1.53. The number of furan rings is 1. The third-order valence-electron chi connectivity index (χ3n) is 3.55. The zero-order valence-electron chi connectivity index (χ0n) is 9.03. The summed E-state index contributed by atoms with van der Waals surface area (Å²) in [5.41, 5.74) is 0.678. The van der Waals surface area contributed by atoms with Gasteiger partial charge < -0.3 is 14.8 Å². The molecule has 0 aromatic carbocycles. The van der Waals surface area contributed by atoms with E-state index in [0.29, 0.717) is 6.04 Å². The minimum Gasteiger partial charge on any atom is -0.481 e. The first-order valence-corrected chi connectivity index (χ1v) is 5.76. The van der Waals surface area contributed by atoms with Crippen LogP contribution >= 0.6 is 0 Å². The highest BCUT2D eigenvalue weighted by atomic mass is 16.4. The van der Waals surface area contributed by atoms with Crippen molar-refractivity contribution in [3.8, 4) is 0 Å². The summed E-state index contributed by atoms with van der Waals surface area (Å²) in [5.74, 6) is 0.205. The molecular formula is C12H15NO3. The Bertz CT molecular complexity index is 422. The number of hydrogen-bond acceptors (Lipinski definition) is 3. The number of nitrogens with one attached hydrogen (secondary N) is 1. The van der Waals surface area contributed by atoms with Gasteiger partial charge in [-0.2, -0.15) is 0 Å². The Kier molecular flexibility index (Phi) is 2.07. The largest absolute Gasteiger partial charge is 0.481 e. The van der Waals surface area contributed by atoms with Gasteiger partial charge in [-0.15, -0.1) is 0 Å². The van der Waals surface area contributed by atoms with Crippen LogP contribution in [0.1, 0.15) is 37.0 Å². The Labute approximate surface area is 93.6 Å². The van der Waals surface area contributed by atoms with Crippen molar-refractivity contribution in [2.75, 3.05) is 0 Å². The van der Waals surface area contributed by atoms with E-state index in [1.807, 2.05) is 6.07 Å². The van der Waals surface area contributed by atoms with Gasteiger partial charge in [0.2, 0.25) is 0 Å². The molecule has 4 nitrogen and oxygen atoms in total. The number of rotatable bonds is 4. The molecule has 0 saturated heterocycles. The zero-order chi connectivity index (χ0) is 11.2. The molecule has 1 atom stereocenters. The Morgan fingerprint density at radius 1 is 1.62 bits per heavy atom. The van der Waals surface area contributed by atoms with Crippen LogP contribution < -0.4 is 5.32 Å². The summed E-state index contributed by atoms with van der Waals surface area (Å²) in [5, 5.41) is 12.6. The van der Waals surface area contributed by atoms with Crippen LogP contribution in [-0.2, 0) is 16.8 Å². The van der Waals surface area contributed by atoms with E-state index in [-0.39, 0.29) is 12.0 Å². The normalized spacial score (nSPS) is 28.0. The lowest BCUT2D eigenvalue weighted by Gasteiger charge is -2.29. The topological polar surface area (TPSA) is 62.5 Å². The maximum atomic E-state index is 11.0. The molecule has 2 N–H and O–H groups in total. The molecule has 0 spiro atoms. The minimum absolute atomic E-state index is 0.149. The van der Waals surface area contributed by atoms with E-state index in [9.17, 15) is 4.79 Å². The summed E-state index contributed by atoms with van der Waals surface area (Å²) in [6.07, 6.45) is 5.81. The first-order chi connectivity index (χ1) is 7.70. The van der Waals surface area contributed by atoms with Gasteiger partial charge in [-0.25, -0.2) is 0 Å². The molecule has 1 unspecified atom stereocenters. The summed E-state index contributed by atoms with van der Waals surface area (Å²) in [6, 6.07) is 2.42. The van der Waals surface area contributed by atoms with E-state index >= 15 is 0 Å². The van der Waals surface area contributed by atoms with Gasteiger partial charge in [0.1, 0.15) is 5.76 Å². The minimum atomic E-state index is -0.748. The number of carboxylic acid groups (broad SMARTS) is 1. The van der Waals surface area contributed by atoms with Crippen LogP contribution in [0.25, 0.3) is 0 Å². The molecule has 1 saturated carbocycles. The molecular weight excluding hydrogens is 206 g/mol. The van der Waals surface area contributed by atoms with Crippen molar-refractivity contribution in [2.24, 2.45) is 0 Å². The molecule has 2 aliphatic rings. The summed E-state index contributed by atoms with van der Waals surface area (Å²) >= 11 is 0. The number of carboxylic acids is 1. The fourth-order valence-corrected chi connectivity index (χ4v) is 2.68. The standard InChI is InChI=1S/C12H15NO3/c14-11(15)7-12(13-8-1-2-8)5-3-10-9(12)4-6-16-10/h4,6,8,13H,1-3,5,7H2,(H,14,15). The second-order valence-corrected chi connectivity index (χ2v) is 4.83. The van der Waals surface area contributed by atoms with Crippen LogP contribution in [-0.4, -0.2) is 17.1 Å². The molecule has 86 valence electrons. The number of carbonyl (C=O) groups is 1. The highest BCUT2D eigenvalue weighted by Gasteiger charge is 2.45. The molecule has 3 rings (SSSR count). The fourth-order valence-electron chi connectivity index (χ4n) is 2.68. The lowest BCUT2D eigenvalue weighted by atomic mass is 9.89. The second-order valence-electron chi connectivity index (χ2n) is 4.83. The number of aryl methyl sites for hydroxylation is 1. The van der Waals surface area contributed by atoms with Gasteiger partial charge in [-0.05, 0) is 25.3 Å². The maximum absolute atomic E-state index is 11.0. The van der Waals surface area contributed by atoms with Gasteiger partial charge in [0, 0.05) is 18.0 Å². The predicted octanol–water partition coefficient (Wildman–Crippen LogP) is 1.65. The van der Waals surface area contributed by atoms with Gasteiger partial charge >= 0.3 is 5.97 Å². The van der Waals surface area contributed by atoms with E-state index in [0.717, 1.165) is 37.0 Å². The molecule has 0 aliphatic heterocycles.